The van der Waals surface area contributed by atoms with Gasteiger partial charge < -0.3 is 5.32 Å². The minimum atomic E-state index is -0.184. The Hall–Kier alpha value is -1.67. The van der Waals surface area contributed by atoms with Gasteiger partial charge in [-0.3, -0.25) is 0 Å². The van der Waals surface area contributed by atoms with Gasteiger partial charge in [-0.05, 0) is 41.3 Å². The summed E-state index contributed by atoms with van der Waals surface area (Å²) < 4.78 is 12.9. The molecule has 2 aromatic rings. The third-order valence-corrected chi connectivity index (χ3v) is 3.44. The van der Waals surface area contributed by atoms with Crippen LogP contribution in [-0.2, 0) is 6.54 Å². The molecule has 1 N–H and O–H groups in total. The van der Waals surface area contributed by atoms with Crippen LogP contribution in [0.1, 0.15) is 28.3 Å². The molecule has 1 unspecified atom stereocenters. The summed E-state index contributed by atoms with van der Waals surface area (Å²) in [5, 5.41) is 3.48. The molecule has 0 fully saturated rings. The Bertz CT molecular complexity index is 545. The van der Waals surface area contributed by atoms with E-state index in [1.165, 1.54) is 28.8 Å². The van der Waals surface area contributed by atoms with E-state index in [9.17, 15) is 4.39 Å². The smallest absolute Gasteiger partial charge is 0.123 e. The fourth-order valence-corrected chi connectivity index (χ4v) is 2.50. The van der Waals surface area contributed by atoms with Crippen molar-refractivity contribution in [2.75, 3.05) is 0 Å². The van der Waals surface area contributed by atoms with E-state index in [4.69, 9.17) is 0 Å². The third kappa shape index (κ3) is 1.75. The highest BCUT2D eigenvalue weighted by Crippen LogP contribution is 2.32. The summed E-state index contributed by atoms with van der Waals surface area (Å²) in [5.41, 5.74) is 5.13. The lowest BCUT2D eigenvalue weighted by Gasteiger charge is -2.12. The monoisotopic (exact) mass is 227 g/mol. The first-order valence-electron chi connectivity index (χ1n) is 5.83. The highest BCUT2D eigenvalue weighted by molar-refractivity contribution is 5.44. The van der Waals surface area contributed by atoms with Crippen LogP contribution in [-0.4, -0.2) is 0 Å². The van der Waals surface area contributed by atoms with Crippen molar-refractivity contribution >= 4 is 0 Å². The number of hydrogen-bond donors (Lipinski definition) is 1. The van der Waals surface area contributed by atoms with Gasteiger partial charge in [0.1, 0.15) is 5.82 Å². The Morgan fingerprint density at radius 2 is 1.88 bits per heavy atom. The first-order chi connectivity index (χ1) is 8.25. The zero-order chi connectivity index (χ0) is 11.8. The zero-order valence-corrected chi connectivity index (χ0v) is 9.70. The van der Waals surface area contributed by atoms with Gasteiger partial charge in [-0.15, -0.1) is 0 Å². The molecular weight excluding hydrogens is 213 g/mol. The van der Waals surface area contributed by atoms with Crippen molar-refractivity contribution < 1.29 is 4.39 Å². The van der Waals surface area contributed by atoms with E-state index in [-0.39, 0.29) is 11.9 Å². The van der Waals surface area contributed by atoms with Gasteiger partial charge in [0.05, 0.1) is 6.04 Å². The number of aryl methyl sites for hydroxylation is 1. The minimum absolute atomic E-state index is 0.184. The van der Waals surface area contributed by atoms with E-state index in [0.29, 0.717) is 0 Å². The Labute approximate surface area is 100 Å². The molecule has 0 saturated heterocycles. The van der Waals surface area contributed by atoms with E-state index in [0.717, 1.165) is 12.1 Å². The summed E-state index contributed by atoms with van der Waals surface area (Å²) >= 11 is 0. The lowest BCUT2D eigenvalue weighted by molar-refractivity contribution is 0.622. The second-order valence-corrected chi connectivity index (χ2v) is 4.51. The van der Waals surface area contributed by atoms with Crippen molar-refractivity contribution in [3.63, 3.8) is 0 Å². The van der Waals surface area contributed by atoms with Crippen molar-refractivity contribution in [1.29, 1.82) is 0 Å². The van der Waals surface area contributed by atoms with Crippen molar-refractivity contribution in [1.82, 2.24) is 5.32 Å². The van der Waals surface area contributed by atoms with Gasteiger partial charge in [-0.1, -0.05) is 30.3 Å². The number of hydrogen-bond acceptors (Lipinski definition) is 1. The highest BCUT2D eigenvalue weighted by Gasteiger charge is 2.23. The van der Waals surface area contributed by atoms with Crippen molar-refractivity contribution in [2.24, 2.45) is 0 Å². The summed E-state index contributed by atoms with van der Waals surface area (Å²) in [4.78, 5) is 0. The molecule has 0 aromatic heterocycles. The molecule has 17 heavy (non-hydrogen) atoms. The van der Waals surface area contributed by atoms with E-state index < -0.39 is 0 Å². The Morgan fingerprint density at radius 3 is 2.65 bits per heavy atom. The fourth-order valence-electron chi connectivity index (χ4n) is 2.50. The lowest BCUT2D eigenvalue weighted by atomic mass is 9.96. The third-order valence-electron chi connectivity index (χ3n) is 3.44. The van der Waals surface area contributed by atoms with Gasteiger partial charge in [0.25, 0.3) is 0 Å². The van der Waals surface area contributed by atoms with Crippen molar-refractivity contribution in [3.05, 3.63) is 70.5 Å². The van der Waals surface area contributed by atoms with Crippen molar-refractivity contribution in [3.8, 4) is 0 Å². The first-order valence-corrected chi connectivity index (χ1v) is 5.83. The molecule has 1 aliphatic heterocycles. The fraction of sp³-hybridized carbons (Fsp3) is 0.200. The molecule has 1 heterocycles. The van der Waals surface area contributed by atoms with Gasteiger partial charge in [-0.25, -0.2) is 4.39 Å². The zero-order valence-electron chi connectivity index (χ0n) is 9.70. The minimum Gasteiger partial charge on any atom is -0.302 e. The second kappa shape index (κ2) is 3.97. The van der Waals surface area contributed by atoms with Crippen LogP contribution in [0.2, 0.25) is 0 Å². The molecule has 0 aliphatic carbocycles. The number of benzene rings is 2. The lowest BCUT2D eigenvalue weighted by Crippen LogP contribution is -2.13. The van der Waals surface area contributed by atoms with Crippen LogP contribution in [0.25, 0.3) is 0 Å². The Kier molecular flexibility index (Phi) is 2.45. The quantitative estimate of drug-likeness (QED) is 0.788. The number of rotatable bonds is 1. The van der Waals surface area contributed by atoms with Gasteiger partial charge in [0.15, 0.2) is 0 Å². The van der Waals surface area contributed by atoms with E-state index >= 15 is 0 Å². The number of nitrogens with one attached hydrogen (secondary N) is 1. The van der Waals surface area contributed by atoms with E-state index in [1.807, 2.05) is 12.1 Å². The van der Waals surface area contributed by atoms with Gasteiger partial charge in [0, 0.05) is 6.54 Å². The molecule has 86 valence electrons. The van der Waals surface area contributed by atoms with Gasteiger partial charge >= 0.3 is 0 Å². The van der Waals surface area contributed by atoms with Crippen LogP contribution >= 0.6 is 0 Å². The van der Waals surface area contributed by atoms with Gasteiger partial charge in [-0.2, -0.15) is 0 Å². The normalized spacial score (nSPS) is 18.1. The van der Waals surface area contributed by atoms with Crippen LogP contribution in [0.3, 0.4) is 0 Å². The van der Waals surface area contributed by atoms with Crippen molar-refractivity contribution in [2.45, 2.75) is 19.5 Å². The average molecular weight is 227 g/mol. The van der Waals surface area contributed by atoms with Gasteiger partial charge in [0.2, 0.25) is 0 Å². The topological polar surface area (TPSA) is 12.0 Å². The molecule has 1 atom stereocenters. The molecule has 2 aromatic carbocycles. The largest absolute Gasteiger partial charge is 0.302 e. The predicted molar refractivity (Wildman–Crippen MR) is 66.3 cm³/mol. The molecule has 3 rings (SSSR count). The summed E-state index contributed by atoms with van der Waals surface area (Å²) in [6, 6.07) is 13.3. The Morgan fingerprint density at radius 1 is 1.12 bits per heavy atom. The number of fused-ring (bicyclic) bond motifs is 1. The van der Waals surface area contributed by atoms with Crippen LogP contribution < -0.4 is 5.32 Å². The maximum atomic E-state index is 12.9. The predicted octanol–water partition coefficient (Wildman–Crippen LogP) is 3.33. The second-order valence-electron chi connectivity index (χ2n) is 4.51. The summed E-state index contributed by atoms with van der Waals surface area (Å²) in [6.07, 6.45) is 0. The molecule has 1 nitrogen and oxygen atoms in total. The molecule has 0 spiro atoms. The standard InChI is InChI=1S/C15H14FN/c1-10-3-2-4-13-14(10)9-17-15(13)11-5-7-12(16)8-6-11/h2-8,15,17H,9H2,1H3. The Balaban J connectivity index is 2.04. The summed E-state index contributed by atoms with van der Waals surface area (Å²) in [5.74, 6) is -0.184. The average Bonchev–Trinajstić information content (AvgIpc) is 2.75. The molecule has 0 radical (unpaired) electrons. The van der Waals surface area contributed by atoms with E-state index in [2.05, 4.69) is 30.4 Å². The van der Waals surface area contributed by atoms with Crippen LogP contribution in [0, 0.1) is 12.7 Å². The molecule has 0 saturated carbocycles. The van der Waals surface area contributed by atoms with E-state index in [1.54, 1.807) is 0 Å². The SMILES string of the molecule is Cc1cccc2c1CNC2c1ccc(F)cc1. The van der Waals surface area contributed by atoms with Crippen LogP contribution in [0.5, 0.6) is 0 Å². The maximum Gasteiger partial charge on any atom is 0.123 e. The van der Waals surface area contributed by atoms with Crippen LogP contribution in [0.4, 0.5) is 4.39 Å². The van der Waals surface area contributed by atoms with Crippen LogP contribution in [0.15, 0.2) is 42.5 Å². The molecule has 1 aliphatic rings. The number of halogens is 1. The maximum absolute atomic E-state index is 12.9. The molecular formula is C15H14FN. The first kappa shape index (κ1) is 10.5. The molecule has 0 amide bonds. The highest BCUT2D eigenvalue weighted by atomic mass is 19.1. The summed E-state index contributed by atoms with van der Waals surface area (Å²) in [6.45, 7) is 3.03. The molecule has 2 heteroatoms. The summed E-state index contributed by atoms with van der Waals surface area (Å²) in [7, 11) is 0. The molecule has 0 bridgehead atoms.